The Labute approximate surface area is 164 Å². The summed E-state index contributed by atoms with van der Waals surface area (Å²) in [6, 6.07) is 7.91. The fraction of sp³-hybridized carbons (Fsp3) is 0.429. The normalized spacial score (nSPS) is 14.8. The Balaban J connectivity index is 1.51. The zero-order valence-electron chi connectivity index (χ0n) is 16.3. The van der Waals surface area contributed by atoms with Crippen molar-refractivity contribution in [3.05, 3.63) is 42.4 Å². The van der Waals surface area contributed by atoms with Crippen molar-refractivity contribution in [3.8, 4) is 0 Å². The number of aryl methyl sites for hydroxylation is 1. The molecule has 4 rings (SSSR count). The molecule has 1 N–H and O–H groups in total. The molecule has 1 aliphatic heterocycles. The minimum atomic E-state index is -0.121. The predicted octanol–water partition coefficient (Wildman–Crippen LogP) is 3.41. The van der Waals surface area contributed by atoms with Crippen molar-refractivity contribution in [1.29, 1.82) is 0 Å². The van der Waals surface area contributed by atoms with E-state index in [2.05, 4.69) is 32.2 Å². The predicted molar refractivity (Wildman–Crippen MR) is 110 cm³/mol. The third-order valence-corrected chi connectivity index (χ3v) is 5.26. The Morgan fingerprint density at radius 3 is 2.54 bits per heavy atom. The number of aromatic nitrogens is 4. The summed E-state index contributed by atoms with van der Waals surface area (Å²) in [4.78, 5) is 23.7. The van der Waals surface area contributed by atoms with Crippen LogP contribution in [-0.2, 0) is 17.8 Å². The smallest absolute Gasteiger partial charge is 0.246 e. The quantitative estimate of drug-likeness (QED) is 0.736. The Kier molecular flexibility index (Phi) is 5.50. The number of rotatable bonds is 5. The van der Waals surface area contributed by atoms with Gasteiger partial charge < -0.3 is 10.2 Å². The minimum absolute atomic E-state index is 0.121. The van der Waals surface area contributed by atoms with Gasteiger partial charge >= 0.3 is 0 Å². The molecule has 0 spiro atoms. The largest absolute Gasteiger partial charge is 0.356 e. The summed E-state index contributed by atoms with van der Waals surface area (Å²) >= 11 is 0. The molecule has 1 amide bonds. The van der Waals surface area contributed by atoms with Crippen LogP contribution in [0, 0.1) is 0 Å². The van der Waals surface area contributed by atoms with E-state index in [1.165, 1.54) is 31.2 Å². The highest BCUT2D eigenvalue weighted by molar-refractivity contribution is 5.92. The third kappa shape index (κ3) is 3.98. The Morgan fingerprint density at radius 2 is 1.82 bits per heavy atom. The van der Waals surface area contributed by atoms with Gasteiger partial charge in [-0.25, -0.2) is 14.6 Å². The number of anilines is 2. The molecule has 2 aromatic heterocycles. The van der Waals surface area contributed by atoms with Gasteiger partial charge in [0.05, 0.1) is 11.6 Å². The lowest BCUT2D eigenvalue weighted by Crippen LogP contribution is -2.25. The molecular formula is C21H26N6O. The van der Waals surface area contributed by atoms with Crippen LogP contribution < -0.4 is 10.2 Å². The first-order chi connectivity index (χ1) is 13.7. The molecule has 146 valence electrons. The maximum absolute atomic E-state index is 12.5. The van der Waals surface area contributed by atoms with Crippen molar-refractivity contribution in [2.75, 3.05) is 23.3 Å². The van der Waals surface area contributed by atoms with E-state index in [-0.39, 0.29) is 12.5 Å². The van der Waals surface area contributed by atoms with E-state index in [4.69, 9.17) is 0 Å². The van der Waals surface area contributed by atoms with E-state index in [1.54, 1.807) is 17.2 Å². The number of hydrogen-bond acceptors (Lipinski definition) is 5. The monoisotopic (exact) mass is 378 g/mol. The molecule has 1 saturated heterocycles. The van der Waals surface area contributed by atoms with Crippen molar-refractivity contribution >= 4 is 28.4 Å². The van der Waals surface area contributed by atoms with Crippen LogP contribution in [0.3, 0.4) is 0 Å². The van der Waals surface area contributed by atoms with Crippen molar-refractivity contribution in [2.24, 2.45) is 0 Å². The van der Waals surface area contributed by atoms with Gasteiger partial charge in [0.1, 0.15) is 18.7 Å². The summed E-state index contributed by atoms with van der Waals surface area (Å²) in [5.74, 6) is 0.804. The average molecular weight is 378 g/mol. The van der Waals surface area contributed by atoms with Gasteiger partial charge in [0.2, 0.25) is 5.91 Å². The van der Waals surface area contributed by atoms with E-state index >= 15 is 0 Å². The highest BCUT2D eigenvalue weighted by Gasteiger charge is 2.18. The molecule has 0 unspecified atom stereocenters. The van der Waals surface area contributed by atoms with E-state index in [0.29, 0.717) is 5.65 Å². The molecule has 0 aliphatic carbocycles. The van der Waals surface area contributed by atoms with E-state index < -0.39 is 0 Å². The molecule has 0 atom stereocenters. The molecule has 3 aromatic rings. The maximum atomic E-state index is 12.5. The SMILES string of the molecule is CCc1ccc(NC(=O)Cn2ncc3c(N4CCCCCC4)ncnc32)cc1. The molecule has 3 heterocycles. The van der Waals surface area contributed by atoms with Crippen LogP contribution in [0.25, 0.3) is 11.0 Å². The van der Waals surface area contributed by atoms with Crippen molar-refractivity contribution in [3.63, 3.8) is 0 Å². The summed E-state index contributed by atoms with van der Waals surface area (Å²) in [6.07, 6.45) is 9.22. The van der Waals surface area contributed by atoms with Gasteiger partial charge in [-0.2, -0.15) is 5.10 Å². The molecule has 0 radical (unpaired) electrons. The van der Waals surface area contributed by atoms with Crippen molar-refractivity contribution in [2.45, 2.75) is 45.6 Å². The summed E-state index contributed by atoms with van der Waals surface area (Å²) < 4.78 is 1.65. The molecule has 7 nitrogen and oxygen atoms in total. The van der Waals surface area contributed by atoms with Gasteiger partial charge in [0.25, 0.3) is 0 Å². The number of benzene rings is 1. The first-order valence-electron chi connectivity index (χ1n) is 10.0. The first kappa shape index (κ1) is 18.4. The van der Waals surface area contributed by atoms with Crippen LogP contribution in [0.4, 0.5) is 11.5 Å². The number of fused-ring (bicyclic) bond motifs is 1. The van der Waals surface area contributed by atoms with Crippen LogP contribution in [0.2, 0.25) is 0 Å². The zero-order chi connectivity index (χ0) is 19.3. The second-order valence-corrected chi connectivity index (χ2v) is 7.24. The minimum Gasteiger partial charge on any atom is -0.356 e. The highest BCUT2D eigenvalue weighted by atomic mass is 16.2. The standard InChI is InChI=1S/C21H26N6O/c1-2-16-7-9-17(10-8-16)25-19(28)14-27-21-18(13-24-27)20(22-15-23-21)26-11-5-3-4-6-12-26/h7-10,13,15H,2-6,11-12,14H2,1H3,(H,25,28). The molecule has 0 bridgehead atoms. The lowest BCUT2D eigenvalue weighted by molar-refractivity contribution is -0.116. The van der Waals surface area contributed by atoms with Gasteiger partial charge in [0, 0.05) is 18.8 Å². The average Bonchev–Trinajstić information content (AvgIpc) is 2.94. The van der Waals surface area contributed by atoms with Crippen LogP contribution in [0.5, 0.6) is 0 Å². The number of amides is 1. The second-order valence-electron chi connectivity index (χ2n) is 7.24. The fourth-order valence-electron chi connectivity index (χ4n) is 3.69. The van der Waals surface area contributed by atoms with Gasteiger partial charge in [-0.05, 0) is 37.0 Å². The van der Waals surface area contributed by atoms with Crippen LogP contribution in [0.1, 0.15) is 38.2 Å². The molecule has 1 aliphatic rings. The second kappa shape index (κ2) is 8.37. The van der Waals surface area contributed by atoms with Gasteiger partial charge in [-0.15, -0.1) is 0 Å². The summed E-state index contributed by atoms with van der Waals surface area (Å²) in [7, 11) is 0. The van der Waals surface area contributed by atoms with E-state index in [9.17, 15) is 4.79 Å². The molecule has 28 heavy (non-hydrogen) atoms. The molecule has 7 heteroatoms. The lowest BCUT2D eigenvalue weighted by atomic mass is 10.1. The highest BCUT2D eigenvalue weighted by Crippen LogP contribution is 2.25. The van der Waals surface area contributed by atoms with Crippen molar-refractivity contribution in [1.82, 2.24) is 19.7 Å². The number of hydrogen-bond donors (Lipinski definition) is 1. The van der Waals surface area contributed by atoms with Gasteiger partial charge in [-0.3, -0.25) is 4.79 Å². The zero-order valence-corrected chi connectivity index (χ0v) is 16.3. The number of carbonyl (C=O) groups excluding carboxylic acids is 1. The van der Waals surface area contributed by atoms with E-state index in [0.717, 1.165) is 36.4 Å². The Morgan fingerprint density at radius 1 is 1.07 bits per heavy atom. The Hall–Kier alpha value is -2.96. The lowest BCUT2D eigenvalue weighted by Gasteiger charge is -2.21. The number of nitrogens with zero attached hydrogens (tertiary/aromatic N) is 5. The Bertz CT molecular complexity index is 941. The molecular weight excluding hydrogens is 352 g/mol. The third-order valence-electron chi connectivity index (χ3n) is 5.26. The van der Waals surface area contributed by atoms with Crippen LogP contribution >= 0.6 is 0 Å². The molecule has 1 fully saturated rings. The van der Waals surface area contributed by atoms with E-state index in [1.807, 2.05) is 24.3 Å². The number of carbonyl (C=O) groups is 1. The summed E-state index contributed by atoms with van der Waals surface area (Å²) in [5, 5.41) is 8.25. The van der Waals surface area contributed by atoms with Crippen molar-refractivity contribution < 1.29 is 4.79 Å². The fourth-order valence-corrected chi connectivity index (χ4v) is 3.69. The van der Waals surface area contributed by atoms with Gasteiger partial charge in [0.15, 0.2) is 5.65 Å². The molecule has 0 saturated carbocycles. The first-order valence-corrected chi connectivity index (χ1v) is 10.0. The number of nitrogens with one attached hydrogen (secondary N) is 1. The molecule has 1 aromatic carbocycles. The van der Waals surface area contributed by atoms with Gasteiger partial charge in [-0.1, -0.05) is 31.9 Å². The van der Waals surface area contributed by atoms with Crippen LogP contribution in [-0.4, -0.2) is 38.7 Å². The van der Waals surface area contributed by atoms with Crippen LogP contribution in [0.15, 0.2) is 36.8 Å². The maximum Gasteiger partial charge on any atom is 0.246 e. The summed E-state index contributed by atoms with van der Waals surface area (Å²) in [5.41, 5.74) is 2.73. The summed E-state index contributed by atoms with van der Waals surface area (Å²) in [6.45, 7) is 4.24. The topological polar surface area (TPSA) is 75.9 Å².